The average molecular weight is 301 g/mol. The lowest BCUT2D eigenvalue weighted by atomic mass is 10.1. The minimum atomic E-state index is -0.230. The van der Waals surface area contributed by atoms with E-state index in [4.69, 9.17) is 34.8 Å². The highest BCUT2D eigenvalue weighted by Crippen LogP contribution is 2.34. The van der Waals surface area contributed by atoms with Crippen LogP contribution in [-0.4, -0.2) is 4.98 Å². The normalized spacial score (nSPS) is 12.4. The fourth-order valence-electron chi connectivity index (χ4n) is 1.68. The maximum absolute atomic E-state index is 6.37. The van der Waals surface area contributed by atoms with E-state index in [2.05, 4.69) is 4.98 Å². The number of aromatic nitrogens is 1. The van der Waals surface area contributed by atoms with Gasteiger partial charge in [-0.3, -0.25) is 4.98 Å². The minimum absolute atomic E-state index is 0.230. The number of pyridine rings is 1. The molecular weight excluding hydrogens is 289 g/mol. The molecule has 0 saturated carbocycles. The lowest BCUT2D eigenvalue weighted by molar-refractivity contribution is 0.879. The summed E-state index contributed by atoms with van der Waals surface area (Å²) in [6, 6.07) is 9.48. The minimum Gasteiger partial charge on any atom is -0.261 e. The molecule has 1 heterocycles. The topological polar surface area (TPSA) is 12.9 Å². The van der Waals surface area contributed by atoms with Crippen LogP contribution in [0, 0.1) is 6.92 Å². The van der Waals surface area contributed by atoms with Gasteiger partial charge in [0.1, 0.15) is 0 Å². The van der Waals surface area contributed by atoms with Gasteiger partial charge in [0.2, 0.25) is 0 Å². The van der Waals surface area contributed by atoms with Crippen molar-refractivity contribution in [2.24, 2.45) is 0 Å². The Balaban J connectivity index is 2.19. The summed E-state index contributed by atoms with van der Waals surface area (Å²) >= 11 is 18.5. The van der Waals surface area contributed by atoms with Crippen LogP contribution in [0.1, 0.15) is 22.2 Å². The molecule has 4 heteroatoms. The van der Waals surface area contributed by atoms with Crippen molar-refractivity contribution in [1.29, 1.82) is 0 Å². The van der Waals surface area contributed by atoms with Crippen LogP contribution in [0.5, 0.6) is 0 Å². The van der Waals surface area contributed by atoms with Gasteiger partial charge < -0.3 is 0 Å². The number of rotatable bonds is 3. The molecule has 0 aliphatic heterocycles. The number of hydrogen-bond donors (Lipinski definition) is 0. The molecule has 1 aromatic carbocycles. The monoisotopic (exact) mass is 299 g/mol. The Morgan fingerprint density at radius 3 is 2.61 bits per heavy atom. The molecule has 0 aliphatic carbocycles. The second kappa shape index (κ2) is 5.92. The highest BCUT2D eigenvalue weighted by molar-refractivity contribution is 6.43. The van der Waals surface area contributed by atoms with E-state index in [0.717, 1.165) is 16.8 Å². The van der Waals surface area contributed by atoms with E-state index in [1.54, 1.807) is 6.07 Å². The molecule has 1 nitrogen and oxygen atoms in total. The van der Waals surface area contributed by atoms with E-state index in [1.165, 1.54) is 0 Å². The third kappa shape index (κ3) is 3.17. The fraction of sp³-hybridized carbons (Fsp3) is 0.214. The first-order valence-electron chi connectivity index (χ1n) is 5.57. The number of benzene rings is 1. The first-order valence-corrected chi connectivity index (χ1v) is 6.76. The highest BCUT2D eigenvalue weighted by atomic mass is 35.5. The summed E-state index contributed by atoms with van der Waals surface area (Å²) in [5, 5.41) is 0.814. The molecule has 0 amide bonds. The third-order valence-corrected chi connectivity index (χ3v) is 3.90. The Morgan fingerprint density at radius 1 is 1.17 bits per heavy atom. The van der Waals surface area contributed by atoms with Crippen molar-refractivity contribution in [3.63, 3.8) is 0 Å². The number of hydrogen-bond acceptors (Lipinski definition) is 1. The Labute approximate surface area is 122 Å². The maximum Gasteiger partial charge on any atom is 0.0655 e. The van der Waals surface area contributed by atoms with Gasteiger partial charge in [-0.15, -0.1) is 11.6 Å². The molecule has 0 bridgehead atoms. The van der Waals surface area contributed by atoms with Crippen molar-refractivity contribution in [2.45, 2.75) is 18.7 Å². The molecule has 0 N–H and O–H groups in total. The standard InChI is InChI=1S/C14H12Cl3N/c1-9-5-6-10(18-8-9)7-13(16)11-3-2-4-12(15)14(11)17/h2-6,8,13H,7H2,1H3. The zero-order valence-corrected chi connectivity index (χ0v) is 12.1. The van der Waals surface area contributed by atoms with Gasteiger partial charge in [-0.2, -0.15) is 0 Å². The lowest BCUT2D eigenvalue weighted by Gasteiger charge is -2.12. The Kier molecular flexibility index (Phi) is 4.50. The Bertz CT molecular complexity index is 537. The number of nitrogens with zero attached hydrogens (tertiary/aromatic N) is 1. The molecule has 0 fully saturated rings. The molecule has 94 valence electrons. The van der Waals surface area contributed by atoms with Gasteiger partial charge in [0, 0.05) is 18.3 Å². The van der Waals surface area contributed by atoms with Crippen LogP contribution in [0.4, 0.5) is 0 Å². The van der Waals surface area contributed by atoms with Crippen molar-refractivity contribution >= 4 is 34.8 Å². The van der Waals surface area contributed by atoms with E-state index >= 15 is 0 Å². The fourth-order valence-corrected chi connectivity index (χ4v) is 2.51. The Morgan fingerprint density at radius 2 is 1.94 bits per heavy atom. The van der Waals surface area contributed by atoms with Crippen molar-refractivity contribution in [3.8, 4) is 0 Å². The zero-order valence-electron chi connectivity index (χ0n) is 9.83. The largest absolute Gasteiger partial charge is 0.261 e. The molecule has 2 aromatic rings. The van der Waals surface area contributed by atoms with Gasteiger partial charge in [0.25, 0.3) is 0 Å². The predicted octanol–water partition coefficient (Wildman–Crippen LogP) is 5.22. The summed E-state index contributed by atoms with van der Waals surface area (Å²) in [7, 11) is 0. The predicted molar refractivity (Wildman–Crippen MR) is 77.7 cm³/mol. The van der Waals surface area contributed by atoms with Crippen LogP contribution in [-0.2, 0) is 6.42 Å². The van der Waals surface area contributed by atoms with Crippen molar-refractivity contribution < 1.29 is 0 Å². The molecule has 18 heavy (non-hydrogen) atoms. The van der Waals surface area contributed by atoms with E-state index in [0.29, 0.717) is 16.5 Å². The molecule has 0 radical (unpaired) electrons. The smallest absolute Gasteiger partial charge is 0.0655 e. The van der Waals surface area contributed by atoms with Gasteiger partial charge in [-0.05, 0) is 30.2 Å². The van der Waals surface area contributed by atoms with Crippen LogP contribution in [0.15, 0.2) is 36.5 Å². The van der Waals surface area contributed by atoms with E-state index in [1.807, 2.05) is 37.4 Å². The zero-order chi connectivity index (χ0) is 13.1. The van der Waals surface area contributed by atoms with E-state index in [-0.39, 0.29) is 5.38 Å². The maximum atomic E-state index is 6.37. The quantitative estimate of drug-likeness (QED) is 0.708. The van der Waals surface area contributed by atoms with Crippen molar-refractivity contribution in [3.05, 3.63) is 63.4 Å². The molecule has 0 saturated heterocycles. The molecule has 2 rings (SSSR count). The van der Waals surface area contributed by atoms with Crippen molar-refractivity contribution in [2.75, 3.05) is 0 Å². The SMILES string of the molecule is Cc1ccc(CC(Cl)c2cccc(Cl)c2Cl)nc1. The molecule has 1 unspecified atom stereocenters. The molecule has 0 spiro atoms. The number of aryl methyl sites for hydroxylation is 1. The first-order chi connectivity index (χ1) is 8.58. The van der Waals surface area contributed by atoms with E-state index < -0.39 is 0 Å². The average Bonchev–Trinajstić information content (AvgIpc) is 2.35. The summed E-state index contributed by atoms with van der Waals surface area (Å²) < 4.78 is 0. The van der Waals surface area contributed by atoms with Gasteiger partial charge in [-0.1, -0.05) is 41.4 Å². The molecule has 1 atom stereocenters. The lowest BCUT2D eigenvalue weighted by Crippen LogP contribution is -1.99. The van der Waals surface area contributed by atoms with Crippen LogP contribution >= 0.6 is 34.8 Å². The Hall–Kier alpha value is -0.760. The van der Waals surface area contributed by atoms with Crippen molar-refractivity contribution in [1.82, 2.24) is 4.98 Å². The number of alkyl halides is 1. The molecule has 1 aromatic heterocycles. The van der Waals surface area contributed by atoms with Crippen LogP contribution < -0.4 is 0 Å². The third-order valence-electron chi connectivity index (χ3n) is 2.68. The second-order valence-electron chi connectivity index (χ2n) is 4.14. The van der Waals surface area contributed by atoms with E-state index in [9.17, 15) is 0 Å². The van der Waals surface area contributed by atoms with Gasteiger partial charge in [0.05, 0.1) is 15.4 Å². The number of halogens is 3. The summed E-state index contributed by atoms with van der Waals surface area (Å²) in [4.78, 5) is 4.34. The summed E-state index contributed by atoms with van der Waals surface area (Å²) in [5.74, 6) is 0. The van der Waals surface area contributed by atoms with Gasteiger partial charge in [-0.25, -0.2) is 0 Å². The molecular formula is C14H12Cl3N. The first kappa shape index (κ1) is 13.7. The summed E-state index contributed by atoms with van der Waals surface area (Å²) in [6.07, 6.45) is 2.46. The van der Waals surface area contributed by atoms with Crippen LogP contribution in [0.2, 0.25) is 10.0 Å². The highest BCUT2D eigenvalue weighted by Gasteiger charge is 2.14. The summed E-state index contributed by atoms with van der Waals surface area (Å²) in [5.41, 5.74) is 2.91. The van der Waals surface area contributed by atoms with Crippen LogP contribution in [0.25, 0.3) is 0 Å². The molecule has 0 aliphatic rings. The van der Waals surface area contributed by atoms with Gasteiger partial charge >= 0.3 is 0 Å². The van der Waals surface area contributed by atoms with Gasteiger partial charge in [0.15, 0.2) is 0 Å². The second-order valence-corrected chi connectivity index (χ2v) is 5.45. The summed E-state index contributed by atoms with van der Waals surface area (Å²) in [6.45, 7) is 2.00. The van der Waals surface area contributed by atoms with Crippen LogP contribution in [0.3, 0.4) is 0 Å².